The first-order valence-corrected chi connectivity index (χ1v) is 8.36. The molecule has 0 aliphatic heterocycles. The van der Waals surface area contributed by atoms with Gasteiger partial charge >= 0.3 is 0 Å². The number of hydrogen-bond donors (Lipinski definition) is 1. The molecule has 1 aromatic heterocycles. The third-order valence-corrected chi connectivity index (χ3v) is 4.08. The van der Waals surface area contributed by atoms with Crippen molar-refractivity contribution in [2.24, 2.45) is 0 Å². The maximum atomic E-state index is 12.0. The van der Waals surface area contributed by atoms with Crippen LogP contribution in [0.1, 0.15) is 16.1 Å². The van der Waals surface area contributed by atoms with Gasteiger partial charge < -0.3 is 10.1 Å². The van der Waals surface area contributed by atoms with E-state index in [4.69, 9.17) is 4.74 Å². The van der Waals surface area contributed by atoms with Gasteiger partial charge in [-0.15, -0.1) is 10.2 Å². The molecule has 0 saturated heterocycles. The van der Waals surface area contributed by atoms with Gasteiger partial charge in [-0.25, -0.2) is 0 Å². The zero-order chi connectivity index (χ0) is 16.8. The van der Waals surface area contributed by atoms with Crippen molar-refractivity contribution < 1.29 is 9.53 Å². The fraction of sp³-hybridized carbons (Fsp3) is 0.167. The van der Waals surface area contributed by atoms with Gasteiger partial charge in [-0.3, -0.25) is 4.79 Å². The number of benzene rings is 2. The minimum absolute atomic E-state index is 0.108. The standard InChI is InChI=1S/C18H17N3O2S/c1-13-6-5-9-15(10-13)23-12-17-20-21-18(24-17)19-16(22)11-14-7-3-2-4-8-14/h2-10H,11-12H2,1H3,(H,19,21,22). The third-order valence-electron chi connectivity index (χ3n) is 3.27. The van der Waals surface area contributed by atoms with E-state index in [9.17, 15) is 4.79 Å². The largest absolute Gasteiger partial charge is 0.486 e. The Hall–Kier alpha value is -2.73. The third kappa shape index (κ3) is 4.63. The van der Waals surface area contributed by atoms with Crippen LogP contribution >= 0.6 is 11.3 Å². The number of nitrogens with one attached hydrogen (secondary N) is 1. The zero-order valence-corrected chi connectivity index (χ0v) is 14.0. The average molecular weight is 339 g/mol. The Morgan fingerprint density at radius 2 is 1.96 bits per heavy atom. The Balaban J connectivity index is 1.52. The van der Waals surface area contributed by atoms with Gasteiger partial charge in [-0.05, 0) is 30.2 Å². The molecule has 0 fully saturated rings. The van der Waals surface area contributed by atoms with Crippen molar-refractivity contribution in [2.45, 2.75) is 20.0 Å². The van der Waals surface area contributed by atoms with Crippen LogP contribution in [0.15, 0.2) is 54.6 Å². The maximum absolute atomic E-state index is 12.0. The zero-order valence-electron chi connectivity index (χ0n) is 13.2. The van der Waals surface area contributed by atoms with Crippen molar-refractivity contribution in [1.29, 1.82) is 0 Å². The quantitative estimate of drug-likeness (QED) is 0.745. The van der Waals surface area contributed by atoms with Gasteiger partial charge in [-0.2, -0.15) is 0 Å². The monoisotopic (exact) mass is 339 g/mol. The van der Waals surface area contributed by atoms with Crippen molar-refractivity contribution in [3.8, 4) is 5.75 Å². The van der Waals surface area contributed by atoms with Crippen LogP contribution in [0.25, 0.3) is 0 Å². The van der Waals surface area contributed by atoms with Crippen LogP contribution in [0.4, 0.5) is 5.13 Å². The minimum Gasteiger partial charge on any atom is -0.486 e. The van der Waals surface area contributed by atoms with Crippen molar-refractivity contribution in [3.63, 3.8) is 0 Å². The van der Waals surface area contributed by atoms with Gasteiger partial charge in [0, 0.05) is 0 Å². The number of carbonyl (C=O) groups excluding carboxylic acids is 1. The number of carbonyl (C=O) groups is 1. The topological polar surface area (TPSA) is 64.1 Å². The molecular formula is C18H17N3O2S. The number of amides is 1. The molecule has 24 heavy (non-hydrogen) atoms. The molecule has 0 aliphatic rings. The maximum Gasteiger partial charge on any atom is 0.230 e. The Bertz CT molecular complexity index is 818. The van der Waals surface area contributed by atoms with E-state index < -0.39 is 0 Å². The van der Waals surface area contributed by atoms with Gasteiger partial charge in [0.05, 0.1) is 6.42 Å². The minimum atomic E-state index is -0.108. The molecule has 5 nitrogen and oxygen atoms in total. The van der Waals surface area contributed by atoms with Crippen LogP contribution in [-0.2, 0) is 17.8 Å². The Labute approximate surface area is 144 Å². The summed E-state index contributed by atoms with van der Waals surface area (Å²) in [5.74, 6) is 0.684. The van der Waals surface area contributed by atoms with Crippen LogP contribution in [0.5, 0.6) is 5.75 Å². The molecule has 0 spiro atoms. The van der Waals surface area contributed by atoms with Gasteiger partial charge in [0.25, 0.3) is 0 Å². The summed E-state index contributed by atoms with van der Waals surface area (Å²) in [6.45, 7) is 2.34. The van der Waals surface area contributed by atoms with E-state index in [1.165, 1.54) is 11.3 Å². The SMILES string of the molecule is Cc1cccc(OCc2nnc(NC(=O)Cc3ccccc3)s2)c1. The molecular weight excluding hydrogens is 322 g/mol. The van der Waals surface area contributed by atoms with Gasteiger partial charge in [-0.1, -0.05) is 53.8 Å². The van der Waals surface area contributed by atoms with Crippen LogP contribution in [0, 0.1) is 6.92 Å². The molecule has 2 aromatic carbocycles. The van der Waals surface area contributed by atoms with Crippen molar-refractivity contribution >= 4 is 22.4 Å². The lowest BCUT2D eigenvalue weighted by atomic mass is 10.1. The predicted molar refractivity (Wildman–Crippen MR) is 94.2 cm³/mol. The summed E-state index contributed by atoms with van der Waals surface area (Å²) in [4.78, 5) is 12.0. The summed E-state index contributed by atoms with van der Waals surface area (Å²) in [7, 11) is 0. The van der Waals surface area contributed by atoms with E-state index in [0.717, 1.165) is 16.9 Å². The van der Waals surface area contributed by atoms with Crippen LogP contribution in [0.2, 0.25) is 0 Å². The molecule has 122 valence electrons. The fourth-order valence-electron chi connectivity index (χ4n) is 2.16. The summed E-state index contributed by atoms with van der Waals surface area (Å²) < 4.78 is 5.68. The number of ether oxygens (including phenoxy) is 1. The molecule has 1 heterocycles. The molecule has 3 rings (SSSR count). The molecule has 1 amide bonds. The number of aromatic nitrogens is 2. The lowest BCUT2D eigenvalue weighted by Gasteiger charge is -2.03. The lowest BCUT2D eigenvalue weighted by molar-refractivity contribution is -0.115. The molecule has 6 heteroatoms. The van der Waals surface area contributed by atoms with E-state index >= 15 is 0 Å². The van der Waals surface area contributed by atoms with E-state index in [0.29, 0.717) is 23.2 Å². The summed E-state index contributed by atoms with van der Waals surface area (Å²) in [6, 6.07) is 17.4. The molecule has 0 radical (unpaired) electrons. The first kappa shape index (κ1) is 16.1. The molecule has 1 N–H and O–H groups in total. The van der Waals surface area contributed by atoms with Crippen LogP contribution in [0.3, 0.4) is 0 Å². The van der Waals surface area contributed by atoms with E-state index in [1.54, 1.807) is 0 Å². The molecule has 0 saturated carbocycles. The lowest BCUT2D eigenvalue weighted by Crippen LogP contribution is -2.14. The number of hydrogen-bond acceptors (Lipinski definition) is 5. The highest BCUT2D eigenvalue weighted by Gasteiger charge is 2.09. The van der Waals surface area contributed by atoms with Crippen LogP contribution in [-0.4, -0.2) is 16.1 Å². The fourth-order valence-corrected chi connectivity index (χ4v) is 2.83. The van der Waals surface area contributed by atoms with Gasteiger partial charge in [0.1, 0.15) is 12.4 Å². The van der Waals surface area contributed by atoms with E-state index in [2.05, 4.69) is 15.5 Å². The second kappa shape index (κ2) is 7.70. The van der Waals surface area contributed by atoms with E-state index in [1.807, 2.05) is 61.5 Å². The molecule has 0 aliphatic carbocycles. The van der Waals surface area contributed by atoms with Gasteiger partial charge in [0.15, 0.2) is 5.01 Å². The van der Waals surface area contributed by atoms with Crippen molar-refractivity contribution in [3.05, 3.63) is 70.7 Å². The second-order valence-electron chi connectivity index (χ2n) is 5.32. The molecule has 0 atom stereocenters. The number of aryl methyl sites for hydroxylation is 1. The summed E-state index contributed by atoms with van der Waals surface area (Å²) in [5, 5.41) is 12.0. The normalized spacial score (nSPS) is 10.4. The number of rotatable bonds is 6. The highest BCUT2D eigenvalue weighted by Crippen LogP contribution is 2.19. The Kier molecular flexibility index (Phi) is 5.18. The van der Waals surface area contributed by atoms with Crippen LogP contribution < -0.4 is 10.1 Å². The average Bonchev–Trinajstić information content (AvgIpc) is 3.01. The van der Waals surface area contributed by atoms with Crippen molar-refractivity contribution in [1.82, 2.24) is 10.2 Å². The smallest absolute Gasteiger partial charge is 0.230 e. The molecule has 0 unspecified atom stereocenters. The van der Waals surface area contributed by atoms with Crippen molar-refractivity contribution in [2.75, 3.05) is 5.32 Å². The summed E-state index contributed by atoms with van der Waals surface area (Å²) >= 11 is 1.32. The predicted octanol–water partition coefficient (Wildman–Crippen LogP) is 3.61. The molecule has 3 aromatic rings. The second-order valence-corrected chi connectivity index (χ2v) is 6.38. The number of anilines is 1. The summed E-state index contributed by atoms with van der Waals surface area (Å²) in [5.41, 5.74) is 2.10. The first-order valence-electron chi connectivity index (χ1n) is 7.55. The van der Waals surface area contributed by atoms with E-state index in [-0.39, 0.29) is 5.91 Å². The first-order chi connectivity index (χ1) is 11.7. The highest BCUT2D eigenvalue weighted by atomic mass is 32.1. The van der Waals surface area contributed by atoms with Gasteiger partial charge in [0.2, 0.25) is 11.0 Å². The summed E-state index contributed by atoms with van der Waals surface area (Å²) in [6.07, 6.45) is 0.315. The highest BCUT2D eigenvalue weighted by molar-refractivity contribution is 7.15. The Morgan fingerprint density at radius 3 is 2.75 bits per heavy atom. The number of nitrogens with zero attached hydrogens (tertiary/aromatic N) is 2. The molecule has 0 bridgehead atoms. The Morgan fingerprint density at radius 1 is 1.12 bits per heavy atom.